The number of hydrogen-bond acceptors (Lipinski definition) is 6. The van der Waals surface area contributed by atoms with Gasteiger partial charge in [-0.15, -0.1) is 5.10 Å². The third kappa shape index (κ3) is 6.25. The molecule has 1 aliphatic rings. The molecule has 0 amide bonds. The van der Waals surface area contributed by atoms with Gasteiger partial charge in [-0.2, -0.15) is 0 Å². The summed E-state index contributed by atoms with van der Waals surface area (Å²) in [4.78, 5) is 17.6. The van der Waals surface area contributed by atoms with Crippen LogP contribution in [0.15, 0.2) is 54.9 Å². The quantitative estimate of drug-likeness (QED) is 0.503. The van der Waals surface area contributed by atoms with Crippen LogP contribution in [0, 0.1) is 0 Å². The van der Waals surface area contributed by atoms with Crippen LogP contribution in [0.4, 0.5) is 5.82 Å². The first-order valence-electron chi connectivity index (χ1n) is 11.4. The predicted octanol–water partition coefficient (Wildman–Crippen LogP) is 3.79. The molecule has 2 aromatic heterocycles. The van der Waals surface area contributed by atoms with E-state index in [-0.39, 0.29) is 12.5 Å². The van der Waals surface area contributed by atoms with E-state index < -0.39 is 5.97 Å². The fraction of sp³-hybridized carbons (Fsp3) is 0.400. The Balaban J connectivity index is 1.31. The molecule has 174 valence electrons. The van der Waals surface area contributed by atoms with Gasteiger partial charge in [-0.25, -0.2) is 4.98 Å². The monoisotopic (exact) mass is 450 g/mol. The highest BCUT2D eigenvalue weighted by Gasteiger charge is 2.21. The minimum Gasteiger partial charge on any atom is -0.490 e. The normalized spacial score (nSPS) is 14.3. The van der Waals surface area contributed by atoms with Crippen LogP contribution in [0.2, 0.25) is 0 Å². The number of piperidine rings is 1. The van der Waals surface area contributed by atoms with E-state index in [1.165, 1.54) is 0 Å². The van der Waals surface area contributed by atoms with Crippen molar-refractivity contribution >= 4 is 11.8 Å². The van der Waals surface area contributed by atoms with Crippen LogP contribution in [0.5, 0.6) is 11.6 Å². The number of carbonyl (C=O) groups is 1. The number of aliphatic carboxylic acids is 1. The van der Waals surface area contributed by atoms with Crippen molar-refractivity contribution in [1.29, 1.82) is 0 Å². The van der Waals surface area contributed by atoms with Crippen LogP contribution < -0.4 is 14.4 Å². The van der Waals surface area contributed by atoms with Gasteiger partial charge in [0.15, 0.2) is 0 Å². The zero-order chi connectivity index (χ0) is 23.0. The molecule has 1 N–H and O–H groups in total. The molecule has 0 atom stereocenters. The van der Waals surface area contributed by atoms with Gasteiger partial charge in [0.2, 0.25) is 5.88 Å². The van der Waals surface area contributed by atoms with Gasteiger partial charge in [-0.1, -0.05) is 18.2 Å². The zero-order valence-corrected chi connectivity index (χ0v) is 18.9. The zero-order valence-electron chi connectivity index (χ0n) is 18.9. The lowest BCUT2D eigenvalue weighted by Gasteiger charge is -2.32. The minimum absolute atomic E-state index is 0.0542. The molecule has 33 heavy (non-hydrogen) atoms. The third-order valence-electron chi connectivity index (χ3n) is 5.67. The molecule has 8 heteroatoms. The average molecular weight is 451 g/mol. The SMILES string of the molecule is CCOc1nn(Cc2ccc(OC3CCN(c4ccccn4)CC3)cc2)cc1CCC(=O)O. The van der Waals surface area contributed by atoms with Crippen LogP contribution in [-0.2, 0) is 17.8 Å². The largest absolute Gasteiger partial charge is 0.490 e. The number of benzene rings is 1. The van der Waals surface area contributed by atoms with Crippen LogP contribution in [0.25, 0.3) is 0 Å². The molecular formula is C25H30N4O4. The number of carboxylic acid groups (broad SMARTS) is 1. The summed E-state index contributed by atoms with van der Waals surface area (Å²) in [5, 5.41) is 13.4. The summed E-state index contributed by atoms with van der Waals surface area (Å²) in [7, 11) is 0. The number of rotatable bonds is 10. The standard InChI is InChI=1S/C25H30N4O4/c1-2-32-25-20(8-11-24(30)31)18-29(27-25)17-19-6-9-21(10-7-19)33-22-12-15-28(16-13-22)23-5-3-4-14-26-23/h3-7,9-10,14,18,22H,2,8,11-13,15-17H2,1H3,(H,30,31). The third-order valence-corrected chi connectivity index (χ3v) is 5.67. The van der Waals surface area contributed by atoms with Crippen molar-refractivity contribution in [3.63, 3.8) is 0 Å². The Morgan fingerprint density at radius 2 is 1.94 bits per heavy atom. The van der Waals surface area contributed by atoms with Gasteiger partial charge in [0.25, 0.3) is 0 Å². The summed E-state index contributed by atoms with van der Waals surface area (Å²) in [5.41, 5.74) is 1.90. The van der Waals surface area contributed by atoms with E-state index in [1.54, 1.807) is 4.68 Å². The molecule has 1 fully saturated rings. The summed E-state index contributed by atoms with van der Waals surface area (Å²) in [5.74, 6) is 1.57. The van der Waals surface area contributed by atoms with Crippen LogP contribution in [-0.4, -0.2) is 51.6 Å². The molecule has 0 saturated carbocycles. The van der Waals surface area contributed by atoms with Gasteiger partial charge in [-0.05, 0) is 43.2 Å². The Morgan fingerprint density at radius 3 is 2.61 bits per heavy atom. The van der Waals surface area contributed by atoms with E-state index in [1.807, 2.05) is 61.8 Å². The Hall–Kier alpha value is -3.55. The number of hydrogen-bond donors (Lipinski definition) is 1. The Labute approximate surface area is 193 Å². The van der Waals surface area contributed by atoms with Crippen molar-refractivity contribution in [3.8, 4) is 11.6 Å². The van der Waals surface area contributed by atoms with Crippen molar-refractivity contribution in [2.24, 2.45) is 0 Å². The summed E-state index contributed by atoms with van der Waals surface area (Å²) in [6.07, 6.45) is 6.28. The molecule has 3 heterocycles. The second kappa shape index (κ2) is 10.8. The molecule has 0 radical (unpaired) electrons. The van der Waals surface area contributed by atoms with E-state index in [9.17, 15) is 4.79 Å². The van der Waals surface area contributed by atoms with Gasteiger partial charge in [0.05, 0.1) is 13.2 Å². The number of aromatic nitrogens is 3. The number of aryl methyl sites for hydroxylation is 1. The van der Waals surface area contributed by atoms with Gasteiger partial charge in [0, 0.05) is 50.3 Å². The highest BCUT2D eigenvalue weighted by molar-refractivity contribution is 5.67. The van der Waals surface area contributed by atoms with Gasteiger partial charge >= 0.3 is 5.97 Å². The highest BCUT2D eigenvalue weighted by atomic mass is 16.5. The maximum Gasteiger partial charge on any atom is 0.303 e. The number of ether oxygens (including phenoxy) is 2. The lowest BCUT2D eigenvalue weighted by molar-refractivity contribution is -0.136. The molecule has 1 aliphatic heterocycles. The summed E-state index contributed by atoms with van der Waals surface area (Å²) in [6.45, 7) is 4.83. The highest BCUT2D eigenvalue weighted by Crippen LogP contribution is 2.23. The van der Waals surface area contributed by atoms with Crippen LogP contribution >= 0.6 is 0 Å². The Kier molecular flexibility index (Phi) is 7.44. The second-order valence-electron chi connectivity index (χ2n) is 8.12. The smallest absolute Gasteiger partial charge is 0.303 e. The minimum atomic E-state index is -0.830. The Morgan fingerprint density at radius 1 is 1.15 bits per heavy atom. The molecule has 1 aromatic carbocycles. The number of carboxylic acids is 1. The van der Waals surface area contributed by atoms with Crippen LogP contribution in [0.3, 0.4) is 0 Å². The first-order valence-corrected chi connectivity index (χ1v) is 11.4. The van der Waals surface area contributed by atoms with Crippen molar-refractivity contribution in [1.82, 2.24) is 14.8 Å². The average Bonchev–Trinajstić information content (AvgIpc) is 3.21. The summed E-state index contributed by atoms with van der Waals surface area (Å²) < 4.78 is 13.6. The Bertz CT molecular complexity index is 1030. The van der Waals surface area contributed by atoms with E-state index in [0.717, 1.165) is 48.6 Å². The van der Waals surface area contributed by atoms with Crippen molar-refractivity contribution in [3.05, 3.63) is 66.0 Å². The topological polar surface area (TPSA) is 89.7 Å². The molecule has 0 unspecified atom stereocenters. The molecule has 0 aliphatic carbocycles. The van der Waals surface area contributed by atoms with Gasteiger partial charge in [0.1, 0.15) is 17.7 Å². The first-order chi connectivity index (χ1) is 16.1. The van der Waals surface area contributed by atoms with Gasteiger partial charge < -0.3 is 19.5 Å². The molecule has 3 aromatic rings. The lowest BCUT2D eigenvalue weighted by atomic mass is 10.1. The summed E-state index contributed by atoms with van der Waals surface area (Å²) in [6, 6.07) is 14.1. The first kappa shape index (κ1) is 22.6. The fourth-order valence-corrected chi connectivity index (χ4v) is 3.99. The number of anilines is 1. The van der Waals surface area contributed by atoms with E-state index >= 15 is 0 Å². The molecule has 0 spiro atoms. The molecular weight excluding hydrogens is 420 g/mol. The van der Waals surface area contributed by atoms with Gasteiger partial charge in [-0.3, -0.25) is 9.48 Å². The van der Waals surface area contributed by atoms with Crippen molar-refractivity contribution in [2.45, 2.75) is 45.3 Å². The van der Waals surface area contributed by atoms with E-state index in [0.29, 0.717) is 25.5 Å². The number of nitrogens with zero attached hydrogens (tertiary/aromatic N) is 4. The molecule has 1 saturated heterocycles. The van der Waals surface area contributed by atoms with Crippen LogP contribution in [0.1, 0.15) is 37.3 Å². The fourth-order valence-electron chi connectivity index (χ4n) is 3.99. The maximum atomic E-state index is 10.9. The van der Waals surface area contributed by atoms with E-state index in [4.69, 9.17) is 14.6 Å². The maximum absolute atomic E-state index is 10.9. The predicted molar refractivity (Wildman–Crippen MR) is 125 cm³/mol. The number of pyridine rings is 1. The second-order valence-corrected chi connectivity index (χ2v) is 8.12. The molecule has 4 rings (SSSR count). The van der Waals surface area contributed by atoms with Crippen molar-refractivity contribution < 1.29 is 19.4 Å². The van der Waals surface area contributed by atoms with Crippen molar-refractivity contribution in [2.75, 3.05) is 24.6 Å². The molecule has 0 bridgehead atoms. The lowest BCUT2D eigenvalue weighted by Crippen LogP contribution is -2.38. The van der Waals surface area contributed by atoms with E-state index in [2.05, 4.69) is 15.0 Å². The summed E-state index contributed by atoms with van der Waals surface area (Å²) >= 11 is 0. The molecule has 8 nitrogen and oxygen atoms in total.